The van der Waals surface area contributed by atoms with Gasteiger partial charge in [-0.25, -0.2) is 4.98 Å². The fourth-order valence-corrected chi connectivity index (χ4v) is 3.82. The van der Waals surface area contributed by atoms with E-state index < -0.39 is 0 Å². The summed E-state index contributed by atoms with van der Waals surface area (Å²) < 4.78 is 5.13. The van der Waals surface area contributed by atoms with Gasteiger partial charge in [-0.15, -0.1) is 11.3 Å². The minimum atomic E-state index is 0.0390. The molecule has 21 heavy (non-hydrogen) atoms. The van der Waals surface area contributed by atoms with E-state index in [0.29, 0.717) is 6.61 Å². The van der Waals surface area contributed by atoms with E-state index in [0.717, 1.165) is 26.4 Å². The van der Waals surface area contributed by atoms with Crippen LogP contribution in [-0.4, -0.2) is 42.6 Å². The molecule has 2 heterocycles. The predicted octanol–water partition coefficient (Wildman–Crippen LogP) is 3.33. The van der Waals surface area contributed by atoms with Gasteiger partial charge < -0.3 is 9.64 Å². The lowest BCUT2D eigenvalue weighted by Gasteiger charge is -2.24. The largest absolute Gasteiger partial charge is 0.383 e. The van der Waals surface area contributed by atoms with Crippen molar-refractivity contribution >= 4 is 27.5 Å². The van der Waals surface area contributed by atoms with E-state index in [4.69, 9.17) is 4.74 Å². The molecule has 0 saturated carbocycles. The first kappa shape index (κ1) is 15.9. The molecule has 2 aromatic heterocycles. The Labute approximate surface area is 129 Å². The van der Waals surface area contributed by atoms with Gasteiger partial charge in [0.05, 0.1) is 17.5 Å². The number of rotatable bonds is 4. The number of hydrogen-bond acceptors (Lipinski definition) is 4. The molecule has 0 N–H and O–H groups in total. The van der Waals surface area contributed by atoms with Crippen molar-refractivity contribution in [3.05, 3.63) is 27.8 Å². The number of aromatic nitrogens is 1. The molecular formula is C16H22N2O2S. The number of methoxy groups -OCH3 is 1. The van der Waals surface area contributed by atoms with Gasteiger partial charge in [-0.2, -0.15) is 0 Å². The average molecular weight is 306 g/mol. The molecule has 0 aliphatic heterocycles. The molecule has 0 spiro atoms. The first-order chi connectivity index (χ1) is 9.86. The van der Waals surface area contributed by atoms with E-state index in [1.165, 1.54) is 16.9 Å². The molecule has 0 aliphatic carbocycles. The van der Waals surface area contributed by atoms with Crippen molar-refractivity contribution in [2.75, 3.05) is 20.8 Å². The van der Waals surface area contributed by atoms with E-state index in [1.54, 1.807) is 12.0 Å². The summed E-state index contributed by atoms with van der Waals surface area (Å²) in [6, 6.07) is 2.11. The number of aryl methyl sites for hydroxylation is 3. The highest BCUT2D eigenvalue weighted by Crippen LogP contribution is 2.33. The topological polar surface area (TPSA) is 42.4 Å². The summed E-state index contributed by atoms with van der Waals surface area (Å²) in [4.78, 5) is 20.7. The number of fused-ring (bicyclic) bond motifs is 1. The summed E-state index contributed by atoms with van der Waals surface area (Å²) in [6.07, 6.45) is 0. The first-order valence-corrected chi connectivity index (χ1v) is 7.81. The molecule has 0 radical (unpaired) electrons. The molecule has 1 atom stereocenters. The normalized spacial score (nSPS) is 12.7. The Morgan fingerprint density at radius 1 is 1.43 bits per heavy atom. The number of carbonyl (C=O) groups is 1. The van der Waals surface area contributed by atoms with Crippen LogP contribution in [-0.2, 0) is 4.74 Å². The summed E-state index contributed by atoms with van der Waals surface area (Å²) in [5.41, 5.74) is 3.20. The van der Waals surface area contributed by atoms with Crippen LogP contribution >= 0.6 is 11.3 Å². The minimum absolute atomic E-state index is 0.0390. The molecular weight excluding hydrogens is 284 g/mol. The molecule has 0 aliphatic rings. The molecule has 5 heteroatoms. The fraction of sp³-hybridized carbons (Fsp3) is 0.500. The maximum absolute atomic E-state index is 12.7. The molecule has 114 valence electrons. The van der Waals surface area contributed by atoms with Crippen LogP contribution in [0.2, 0.25) is 0 Å². The smallest absolute Gasteiger partial charge is 0.264 e. The van der Waals surface area contributed by atoms with Gasteiger partial charge in [0.2, 0.25) is 0 Å². The second kappa shape index (κ2) is 6.12. The number of ether oxygens (including phenoxy) is 1. The Morgan fingerprint density at radius 3 is 2.71 bits per heavy atom. The van der Waals surface area contributed by atoms with Crippen LogP contribution in [0, 0.1) is 20.8 Å². The molecule has 0 bridgehead atoms. The van der Waals surface area contributed by atoms with E-state index >= 15 is 0 Å². The lowest BCUT2D eigenvalue weighted by atomic mass is 10.1. The van der Waals surface area contributed by atoms with Crippen LogP contribution in [0.15, 0.2) is 6.07 Å². The number of nitrogens with zero attached hydrogens (tertiary/aromatic N) is 2. The molecule has 0 unspecified atom stereocenters. The number of carbonyl (C=O) groups excluding carboxylic acids is 1. The number of hydrogen-bond donors (Lipinski definition) is 0. The van der Waals surface area contributed by atoms with Crippen LogP contribution in [0.25, 0.3) is 10.2 Å². The van der Waals surface area contributed by atoms with Crippen molar-refractivity contribution in [1.82, 2.24) is 9.88 Å². The highest BCUT2D eigenvalue weighted by Gasteiger charge is 2.23. The maximum Gasteiger partial charge on any atom is 0.264 e. The van der Waals surface area contributed by atoms with Crippen LogP contribution < -0.4 is 0 Å². The maximum atomic E-state index is 12.7. The van der Waals surface area contributed by atoms with Gasteiger partial charge in [0.1, 0.15) is 4.83 Å². The van der Waals surface area contributed by atoms with E-state index in [1.807, 2.05) is 27.8 Å². The van der Waals surface area contributed by atoms with Crippen LogP contribution in [0.1, 0.15) is 33.4 Å². The zero-order chi connectivity index (χ0) is 15.7. The third-order valence-electron chi connectivity index (χ3n) is 3.81. The van der Waals surface area contributed by atoms with Crippen molar-refractivity contribution in [3.8, 4) is 0 Å². The van der Waals surface area contributed by atoms with Gasteiger partial charge in [-0.05, 0) is 44.9 Å². The zero-order valence-electron chi connectivity index (χ0n) is 13.5. The summed E-state index contributed by atoms with van der Waals surface area (Å²) in [6.45, 7) is 8.57. The standard InChI is InChI=1S/C16H22N2O2S/c1-9-7-10(2)17-15-13(9)12(4)14(21-15)16(19)18(5)11(3)8-20-6/h7,11H,8H2,1-6H3/t11-/m0/s1. The number of amides is 1. The second-order valence-corrected chi connectivity index (χ2v) is 6.54. The molecule has 2 rings (SSSR count). The average Bonchev–Trinajstić information content (AvgIpc) is 2.74. The minimum Gasteiger partial charge on any atom is -0.383 e. The molecule has 0 fully saturated rings. The van der Waals surface area contributed by atoms with Crippen LogP contribution in [0.5, 0.6) is 0 Å². The van der Waals surface area contributed by atoms with Crippen molar-refractivity contribution in [1.29, 1.82) is 0 Å². The highest BCUT2D eigenvalue weighted by molar-refractivity contribution is 7.20. The third kappa shape index (κ3) is 2.94. The van der Waals surface area contributed by atoms with Gasteiger partial charge in [0, 0.05) is 25.2 Å². The van der Waals surface area contributed by atoms with Crippen molar-refractivity contribution in [2.24, 2.45) is 0 Å². The molecule has 2 aromatic rings. The Balaban J connectivity index is 2.45. The van der Waals surface area contributed by atoms with Gasteiger partial charge in [0.25, 0.3) is 5.91 Å². The Bertz CT molecular complexity index is 678. The summed E-state index contributed by atoms with van der Waals surface area (Å²) in [5.74, 6) is 0.0390. The van der Waals surface area contributed by atoms with E-state index in [-0.39, 0.29) is 11.9 Å². The third-order valence-corrected chi connectivity index (χ3v) is 4.98. The van der Waals surface area contributed by atoms with Gasteiger partial charge in [-0.1, -0.05) is 0 Å². The van der Waals surface area contributed by atoms with Gasteiger partial charge in [0.15, 0.2) is 0 Å². The SMILES string of the molecule is COC[C@H](C)N(C)C(=O)c1sc2nc(C)cc(C)c2c1C. The zero-order valence-corrected chi connectivity index (χ0v) is 14.3. The van der Waals surface area contributed by atoms with Gasteiger partial charge >= 0.3 is 0 Å². The van der Waals surface area contributed by atoms with Gasteiger partial charge in [-0.3, -0.25) is 4.79 Å². The number of likely N-dealkylation sites (N-methyl/N-ethyl adjacent to an activating group) is 1. The van der Waals surface area contributed by atoms with Crippen molar-refractivity contribution in [3.63, 3.8) is 0 Å². The number of pyridine rings is 1. The molecule has 0 saturated heterocycles. The Morgan fingerprint density at radius 2 is 2.10 bits per heavy atom. The lowest BCUT2D eigenvalue weighted by Crippen LogP contribution is -2.37. The molecule has 0 aromatic carbocycles. The molecule has 1 amide bonds. The van der Waals surface area contributed by atoms with Crippen LogP contribution in [0.3, 0.4) is 0 Å². The number of thiophene rings is 1. The second-order valence-electron chi connectivity index (χ2n) is 5.54. The van der Waals surface area contributed by atoms with Crippen molar-refractivity contribution in [2.45, 2.75) is 33.7 Å². The van der Waals surface area contributed by atoms with Crippen LogP contribution in [0.4, 0.5) is 0 Å². The van der Waals surface area contributed by atoms with E-state index in [9.17, 15) is 4.79 Å². The first-order valence-electron chi connectivity index (χ1n) is 7.00. The summed E-state index contributed by atoms with van der Waals surface area (Å²) in [7, 11) is 3.47. The Kier molecular flexibility index (Phi) is 4.64. The highest BCUT2D eigenvalue weighted by atomic mass is 32.1. The fourth-order valence-electron chi connectivity index (χ4n) is 2.54. The Hall–Kier alpha value is -1.46. The summed E-state index contributed by atoms with van der Waals surface area (Å²) in [5, 5.41) is 1.11. The quantitative estimate of drug-likeness (QED) is 0.870. The molecule has 4 nitrogen and oxygen atoms in total. The summed E-state index contributed by atoms with van der Waals surface area (Å²) >= 11 is 1.48. The van der Waals surface area contributed by atoms with Crippen molar-refractivity contribution < 1.29 is 9.53 Å². The lowest BCUT2D eigenvalue weighted by molar-refractivity contribution is 0.0637. The van der Waals surface area contributed by atoms with E-state index in [2.05, 4.69) is 18.0 Å². The monoisotopic (exact) mass is 306 g/mol. The predicted molar refractivity (Wildman–Crippen MR) is 87.3 cm³/mol.